The molecule has 0 saturated carbocycles. The number of nitrogens with one attached hydrogen (secondary N) is 2. The molecule has 0 spiro atoms. The Balaban J connectivity index is 2.36. The Morgan fingerprint density at radius 1 is 1.23 bits per heavy atom. The molecule has 22 heavy (non-hydrogen) atoms. The van der Waals surface area contributed by atoms with Crippen LogP contribution in [0.3, 0.4) is 0 Å². The zero-order chi connectivity index (χ0) is 16.8. The van der Waals surface area contributed by atoms with E-state index in [4.69, 9.17) is 9.15 Å². The molecule has 0 saturated heterocycles. The fourth-order valence-corrected chi connectivity index (χ4v) is 2.30. The lowest BCUT2D eigenvalue weighted by atomic mass is 10.1. The first-order chi connectivity index (χ1) is 10.1. The highest BCUT2D eigenvalue weighted by molar-refractivity contribution is 7.97. The van der Waals surface area contributed by atoms with Gasteiger partial charge in [-0.1, -0.05) is 0 Å². The average molecular weight is 328 g/mol. The quantitative estimate of drug-likeness (QED) is 0.801. The summed E-state index contributed by atoms with van der Waals surface area (Å²) in [5.74, 6) is 2.76. The van der Waals surface area contributed by atoms with Crippen LogP contribution in [0.15, 0.2) is 16.5 Å². The van der Waals surface area contributed by atoms with Gasteiger partial charge in [-0.05, 0) is 53.0 Å². The normalized spacial score (nSPS) is 12.3. The Morgan fingerprint density at radius 3 is 2.45 bits per heavy atom. The maximum absolute atomic E-state index is 11.8. The van der Waals surface area contributed by atoms with Gasteiger partial charge in [-0.3, -0.25) is 0 Å². The molecule has 0 aromatic carbocycles. The van der Waals surface area contributed by atoms with Crippen LogP contribution in [0.2, 0.25) is 0 Å². The molecule has 1 amide bonds. The van der Waals surface area contributed by atoms with Crippen LogP contribution in [0.5, 0.6) is 0 Å². The highest BCUT2D eigenvalue weighted by Gasteiger charge is 2.24. The van der Waals surface area contributed by atoms with Crippen molar-refractivity contribution in [1.82, 2.24) is 10.6 Å². The lowest BCUT2D eigenvalue weighted by Crippen LogP contribution is -2.51. The highest BCUT2D eigenvalue weighted by Crippen LogP contribution is 2.13. The van der Waals surface area contributed by atoms with Gasteiger partial charge in [-0.2, -0.15) is 11.8 Å². The number of carbonyl (C=O) groups excluding carboxylic acids is 1. The number of hydrogen-bond acceptors (Lipinski definition) is 5. The van der Waals surface area contributed by atoms with Gasteiger partial charge in [0.15, 0.2) is 0 Å². The van der Waals surface area contributed by atoms with Crippen molar-refractivity contribution < 1.29 is 13.9 Å². The largest absolute Gasteiger partial charge is 0.464 e. The smallest absolute Gasteiger partial charge is 0.408 e. The topological polar surface area (TPSA) is 63.5 Å². The lowest BCUT2D eigenvalue weighted by Gasteiger charge is -2.28. The maximum Gasteiger partial charge on any atom is 0.408 e. The molecule has 1 aromatic heterocycles. The Bertz CT molecular complexity index is 478. The fraction of sp³-hybridized carbons (Fsp3) is 0.688. The number of rotatable bonds is 7. The molecule has 126 valence electrons. The van der Waals surface area contributed by atoms with E-state index in [-0.39, 0.29) is 0 Å². The summed E-state index contributed by atoms with van der Waals surface area (Å²) < 4.78 is 11.0. The summed E-state index contributed by atoms with van der Waals surface area (Å²) in [6.45, 7) is 10.7. The number of hydrogen-bond donors (Lipinski definition) is 2. The third-order valence-corrected chi connectivity index (χ3v) is 3.28. The molecule has 0 aliphatic heterocycles. The SMILES string of the molecule is CSCc1ccc(CNCC(C)(C)NC(=O)OC(C)(C)C)o1. The van der Waals surface area contributed by atoms with Crippen molar-refractivity contribution in [3.05, 3.63) is 23.7 Å². The van der Waals surface area contributed by atoms with Crippen LogP contribution in [0, 0.1) is 0 Å². The summed E-state index contributed by atoms with van der Waals surface area (Å²) in [6.07, 6.45) is 1.64. The van der Waals surface area contributed by atoms with E-state index >= 15 is 0 Å². The Kier molecular flexibility index (Phi) is 6.81. The fourth-order valence-electron chi connectivity index (χ4n) is 1.86. The van der Waals surface area contributed by atoms with Crippen molar-refractivity contribution in [3.63, 3.8) is 0 Å². The molecular weight excluding hydrogens is 300 g/mol. The number of amides is 1. The molecule has 1 rings (SSSR count). The Morgan fingerprint density at radius 2 is 1.86 bits per heavy atom. The van der Waals surface area contributed by atoms with Gasteiger partial charge in [0.05, 0.1) is 17.8 Å². The van der Waals surface area contributed by atoms with E-state index in [2.05, 4.69) is 10.6 Å². The average Bonchev–Trinajstić information content (AvgIpc) is 2.73. The molecule has 1 aromatic rings. The number of thioether (sulfide) groups is 1. The molecule has 0 fully saturated rings. The summed E-state index contributed by atoms with van der Waals surface area (Å²) in [4.78, 5) is 11.8. The van der Waals surface area contributed by atoms with Gasteiger partial charge in [-0.15, -0.1) is 0 Å². The van der Waals surface area contributed by atoms with Gasteiger partial charge in [0, 0.05) is 6.54 Å². The lowest BCUT2D eigenvalue weighted by molar-refractivity contribution is 0.0472. The van der Waals surface area contributed by atoms with Gasteiger partial charge < -0.3 is 19.8 Å². The van der Waals surface area contributed by atoms with E-state index in [1.54, 1.807) is 11.8 Å². The van der Waals surface area contributed by atoms with Gasteiger partial charge >= 0.3 is 6.09 Å². The van der Waals surface area contributed by atoms with Crippen LogP contribution in [-0.2, 0) is 17.0 Å². The van der Waals surface area contributed by atoms with Gasteiger partial charge in [0.2, 0.25) is 0 Å². The monoisotopic (exact) mass is 328 g/mol. The molecule has 0 radical (unpaired) electrons. The van der Waals surface area contributed by atoms with E-state index in [1.165, 1.54) is 0 Å². The third kappa shape index (κ3) is 7.75. The molecule has 0 atom stereocenters. The minimum atomic E-state index is -0.491. The van der Waals surface area contributed by atoms with Gasteiger partial charge in [-0.25, -0.2) is 4.79 Å². The molecular formula is C16H28N2O3S. The van der Waals surface area contributed by atoms with Crippen LogP contribution < -0.4 is 10.6 Å². The third-order valence-electron chi connectivity index (χ3n) is 2.71. The van der Waals surface area contributed by atoms with Crippen molar-refractivity contribution in [2.24, 2.45) is 0 Å². The van der Waals surface area contributed by atoms with Gasteiger partial charge in [0.1, 0.15) is 17.1 Å². The number of ether oxygens (including phenoxy) is 1. The molecule has 2 N–H and O–H groups in total. The Labute approximate surface area is 137 Å². The van der Waals surface area contributed by atoms with E-state index in [0.29, 0.717) is 13.1 Å². The zero-order valence-electron chi connectivity index (χ0n) is 14.4. The van der Waals surface area contributed by atoms with Crippen LogP contribution >= 0.6 is 11.8 Å². The van der Waals surface area contributed by atoms with Crippen LogP contribution in [-0.4, -0.2) is 30.0 Å². The summed E-state index contributed by atoms with van der Waals surface area (Å²) >= 11 is 1.73. The van der Waals surface area contributed by atoms with Gasteiger partial charge in [0.25, 0.3) is 0 Å². The second-order valence-electron chi connectivity index (χ2n) is 6.92. The molecule has 6 heteroatoms. The van der Waals surface area contributed by atoms with E-state index in [0.717, 1.165) is 17.3 Å². The second kappa shape index (κ2) is 7.92. The molecule has 0 aliphatic rings. The maximum atomic E-state index is 11.8. The molecule has 5 nitrogen and oxygen atoms in total. The van der Waals surface area contributed by atoms with E-state index < -0.39 is 17.2 Å². The molecule has 0 bridgehead atoms. The second-order valence-corrected chi connectivity index (χ2v) is 7.78. The summed E-state index contributed by atoms with van der Waals surface area (Å²) in [5, 5.41) is 6.16. The number of furan rings is 1. The minimum Gasteiger partial charge on any atom is -0.464 e. The van der Waals surface area contributed by atoms with Crippen molar-refractivity contribution in [1.29, 1.82) is 0 Å². The van der Waals surface area contributed by atoms with Crippen LogP contribution in [0.25, 0.3) is 0 Å². The predicted molar refractivity (Wildman–Crippen MR) is 91.1 cm³/mol. The number of alkyl carbamates (subject to hydrolysis) is 1. The number of carbonyl (C=O) groups is 1. The van der Waals surface area contributed by atoms with Crippen molar-refractivity contribution in [2.75, 3.05) is 12.8 Å². The van der Waals surface area contributed by atoms with Crippen molar-refractivity contribution in [3.8, 4) is 0 Å². The van der Waals surface area contributed by atoms with Crippen LogP contribution in [0.4, 0.5) is 4.79 Å². The molecule has 1 heterocycles. The molecule has 0 aliphatic carbocycles. The summed E-state index contributed by atoms with van der Waals surface area (Å²) in [7, 11) is 0. The first kappa shape index (κ1) is 18.9. The zero-order valence-corrected chi connectivity index (χ0v) is 15.2. The standard InChI is InChI=1S/C16H28N2O3S/c1-15(2,3)21-14(19)18-16(4,5)11-17-9-12-7-8-13(20-12)10-22-6/h7-8,17H,9-11H2,1-6H3,(H,18,19). The predicted octanol–water partition coefficient (Wildman–Crippen LogP) is 3.54. The molecule has 0 unspecified atom stereocenters. The first-order valence-electron chi connectivity index (χ1n) is 7.40. The van der Waals surface area contributed by atoms with E-state index in [9.17, 15) is 4.79 Å². The summed E-state index contributed by atoms with van der Waals surface area (Å²) in [6, 6.07) is 3.98. The Hall–Kier alpha value is -1.14. The first-order valence-corrected chi connectivity index (χ1v) is 8.79. The summed E-state index contributed by atoms with van der Waals surface area (Å²) in [5.41, 5.74) is -0.896. The van der Waals surface area contributed by atoms with Crippen molar-refractivity contribution in [2.45, 2.75) is 58.1 Å². The minimum absolute atomic E-state index is 0.403. The van der Waals surface area contributed by atoms with E-state index in [1.807, 2.05) is 53.0 Å². The van der Waals surface area contributed by atoms with Crippen molar-refractivity contribution >= 4 is 17.9 Å². The van der Waals surface area contributed by atoms with Crippen LogP contribution in [0.1, 0.15) is 46.1 Å². The highest BCUT2D eigenvalue weighted by atomic mass is 32.2.